The number of hydrogen-bond acceptors (Lipinski definition) is 4. The average molecular weight is 177 g/mol. The van der Waals surface area contributed by atoms with Gasteiger partial charge in [-0.2, -0.15) is 0 Å². The van der Waals surface area contributed by atoms with Gasteiger partial charge in [0.2, 0.25) is 0 Å². The number of fused-ring (bicyclic) bond motifs is 1. The molecule has 1 heterocycles. The van der Waals surface area contributed by atoms with Gasteiger partial charge in [-0.1, -0.05) is 0 Å². The van der Waals surface area contributed by atoms with E-state index in [0.29, 0.717) is 10.8 Å². The van der Waals surface area contributed by atoms with Gasteiger partial charge in [-0.05, 0) is 12.1 Å². The van der Waals surface area contributed by atoms with Crippen molar-refractivity contribution in [1.29, 1.82) is 0 Å². The van der Waals surface area contributed by atoms with Gasteiger partial charge in [0.1, 0.15) is 5.75 Å². The molecular weight excluding hydrogens is 170 g/mol. The van der Waals surface area contributed by atoms with Gasteiger partial charge in [0.25, 0.3) is 0 Å². The molecule has 66 valence electrons. The number of phenolic OH excluding ortho intramolecular Hbond substituents is 2. The number of aromatic hydroxyl groups is 3. The molecule has 0 radical (unpaired) electrons. The number of hydrogen-bond donors (Lipinski definition) is 3. The number of nitrogens with zero attached hydrogens (tertiary/aromatic N) is 1. The lowest BCUT2D eigenvalue weighted by Gasteiger charge is -2.02. The lowest BCUT2D eigenvalue weighted by molar-refractivity contribution is 0.404. The van der Waals surface area contributed by atoms with Crippen molar-refractivity contribution >= 4 is 10.8 Å². The summed E-state index contributed by atoms with van der Waals surface area (Å²) < 4.78 is 0. The monoisotopic (exact) mass is 177 g/mol. The second kappa shape index (κ2) is 2.52. The van der Waals surface area contributed by atoms with Gasteiger partial charge in [-0.25, -0.2) is 0 Å². The Labute approximate surface area is 73.7 Å². The Morgan fingerprint density at radius 1 is 0.846 bits per heavy atom. The van der Waals surface area contributed by atoms with Crippen molar-refractivity contribution in [3.63, 3.8) is 0 Å². The van der Waals surface area contributed by atoms with E-state index in [1.54, 1.807) is 0 Å². The van der Waals surface area contributed by atoms with Crippen LogP contribution in [0.3, 0.4) is 0 Å². The van der Waals surface area contributed by atoms with Crippen LogP contribution in [0.2, 0.25) is 0 Å². The molecular formula is C9H7NO3. The number of aromatic nitrogens is 1. The van der Waals surface area contributed by atoms with Crippen LogP contribution in [0.15, 0.2) is 24.5 Å². The first kappa shape index (κ1) is 7.67. The molecule has 0 aliphatic rings. The maximum Gasteiger partial charge on any atom is 0.158 e. The SMILES string of the molecule is Oc1cc2cncc(O)c2cc1O. The highest BCUT2D eigenvalue weighted by Gasteiger charge is 2.05. The Bertz CT molecular complexity index is 468. The molecule has 4 nitrogen and oxygen atoms in total. The normalized spacial score (nSPS) is 10.5. The molecule has 0 spiro atoms. The Morgan fingerprint density at radius 2 is 1.54 bits per heavy atom. The number of rotatable bonds is 0. The zero-order chi connectivity index (χ0) is 9.42. The molecule has 1 aromatic carbocycles. The molecule has 0 atom stereocenters. The van der Waals surface area contributed by atoms with Crippen molar-refractivity contribution in [1.82, 2.24) is 4.98 Å². The second-order valence-corrected chi connectivity index (χ2v) is 2.72. The molecule has 0 aliphatic carbocycles. The summed E-state index contributed by atoms with van der Waals surface area (Å²) in [6.07, 6.45) is 2.77. The van der Waals surface area contributed by atoms with Crippen LogP contribution in [-0.2, 0) is 0 Å². The summed E-state index contributed by atoms with van der Waals surface area (Å²) in [7, 11) is 0. The molecule has 13 heavy (non-hydrogen) atoms. The van der Waals surface area contributed by atoms with Crippen molar-refractivity contribution < 1.29 is 15.3 Å². The zero-order valence-corrected chi connectivity index (χ0v) is 6.60. The number of phenols is 2. The quantitative estimate of drug-likeness (QED) is 0.531. The molecule has 0 bridgehead atoms. The van der Waals surface area contributed by atoms with E-state index >= 15 is 0 Å². The zero-order valence-electron chi connectivity index (χ0n) is 6.60. The van der Waals surface area contributed by atoms with E-state index in [2.05, 4.69) is 4.98 Å². The second-order valence-electron chi connectivity index (χ2n) is 2.72. The van der Waals surface area contributed by atoms with E-state index in [1.807, 2.05) is 0 Å². The maximum atomic E-state index is 9.33. The van der Waals surface area contributed by atoms with Gasteiger partial charge in [0.05, 0.1) is 6.20 Å². The van der Waals surface area contributed by atoms with E-state index < -0.39 is 0 Å². The third-order valence-corrected chi connectivity index (χ3v) is 1.83. The average Bonchev–Trinajstić information content (AvgIpc) is 2.09. The van der Waals surface area contributed by atoms with Crippen LogP contribution in [0.25, 0.3) is 10.8 Å². The van der Waals surface area contributed by atoms with Gasteiger partial charge in [0.15, 0.2) is 11.5 Å². The molecule has 2 rings (SSSR count). The van der Waals surface area contributed by atoms with Crippen LogP contribution < -0.4 is 0 Å². The van der Waals surface area contributed by atoms with Crippen LogP contribution in [0, 0.1) is 0 Å². The fourth-order valence-electron chi connectivity index (χ4n) is 1.18. The Kier molecular flexibility index (Phi) is 1.48. The third kappa shape index (κ3) is 1.12. The molecule has 0 unspecified atom stereocenters. The first-order chi connectivity index (χ1) is 6.18. The van der Waals surface area contributed by atoms with Gasteiger partial charge in [0, 0.05) is 17.0 Å². The summed E-state index contributed by atoms with van der Waals surface area (Å²) in [6.45, 7) is 0. The summed E-state index contributed by atoms with van der Waals surface area (Å²) in [6, 6.07) is 2.64. The first-order valence-corrected chi connectivity index (χ1v) is 3.67. The minimum atomic E-state index is -0.256. The van der Waals surface area contributed by atoms with Gasteiger partial charge in [-0.3, -0.25) is 4.98 Å². The predicted molar refractivity (Wildman–Crippen MR) is 46.7 cm³/mol. The molecule has 2 aromatic rings. The number of benzene rings is 1. The molecule has 4 heteroatoms. The maximum absolute atomic E-state index is 9.33. The highest BCUT2D eigenvalue weighted by atomic mass is 16.3. The van der Waals surface area contributed by atoms with E-state index in [0.717, 1.165) is 0 Å². The fourth-order valence-corrected chi connectivity index (χ4v) is 1.18. The lowest BCUT2D eigenvalue weighted by atomic mass is 10.1. The Balaban J connectivity index is 2.89. The Hall–Kier alpha value is -1.97. The molecule has 0 saturated heterocycles. The Morgan fingerprint density at radius 3 is 2.31 bits per heavy atom. The van der Waals surface area contributed by atoms with E-state index in [9.17, 15) is 5.11 Å². The summed E-state index contributed by atoms with van der Waals surface area (Å²) in [4.78, 5) is 3.74. The highest BCUT2D eigenvalue weighted by molar-refractivity contribution is 5.89. The van der Waals surface area contributed by atoms with Crippen LogP contribution in [0.4, 0.5) is 0 Å². The largest absolute Gasteiger partial charge is 0.506 e. The lowest BCUT2D eigenvalue weighted by Crippen LogP contribution is -1.77. The van der Waals surface area contributed by atoms with Crippen molar-refractivity contribution in [3.8, 4) is 17.2 Å². The molecule has 3 N–H and O–H groups in total. The molecule has 0 amide bonds. The van der Waals surface area contributed by atoms with E-state index in [4.69, 9.17) is 10.2 Å². The van der Waals surface area contributed by atoms with Crippen LogP contribution in [0.5, 0.6) is 17.2 Å². The first-order valence-electron chi connectivity index (χ1n) is 3.67. The minimum absolute atomic E-state index is 0.0206. The number of pyridine rings is 1. The molecule has 1 aromatic heterocycles. The van der Waals surface area contributed by atoms with Crippen LogP contribution >= 0.6 is 0 Å². The highest BCUT2D eigenvalue weighted by Crippen LogP contribution is 2.33. The third-order valence-electron chi connectivity index (χ3n) is 1.83. The van der Waals surface area contributed by atoms with Gasteiger partial charge in [-0.15, -0.1) is 0 Å². The predicted octanol–water partition coefficient (Wildman–Crippen LogP) is 1.35. The van der Waals surface area contributed by atoms with Gasteiger partial charge < -0.3 is 15.3 Å². The summed E-state index contributed by atoms with van der Waals surface area (Å²) in [5.41, 5.74) is 0. The van der Waals surface area contributed by atoms with Crippen LogP contribution in [-0.4, -0.2) is 20.3 Å². The summed E-state index contributed by atoms with van der Waals surface area (Å²) in [5.74, 6) is -0.498. The van der Waals surface area contributed by atoms with Crippen LogP contribution in [0.1, 0.15) is 0 Å². The minimum Gasteiger partial charge on any atom is -0.506 e. The fraction of sp³-hybridized carbons (Fsp3) is 0. The molecule has 0 fully saturated rings. The standard InChI is InChI=1S/C9H7NO3/c11-7-1-5-3-10-4-9(13)6(5)2-8(7)12/h1-4,11-13H. The summed E-state index contributed by atoms with van der Waals surface area (Å²) >= 11 is 0. The van der Waals surface area contributed by atoms with Gasteiger partial charge >= 0.3 is 0 Å². The topological polar surface area (TPSA) is 73.6 Å². The molecule has 0 saturated carbocycles. The summed E-state index contributed by atoms with van der Waals surface area (Å²) in [5, 5.41) is 28.7. The van der Waals surface area contributed by atoms with Crippen molar-refractivity contribution in [3.05, 3.63) is 24.5 Å². The van der Waals surface area contributed by atoms with Crippen molar-refractivity contribution in [2.75, 3.05) is 0 Å². The van der Waals surface area contributed by atoms with E-state index in [1.165, 1.54) is 24.5 Å². The smallest absolute Gasteiger partial charge is 0.158 e. The van der Waals surface area contributed by atoms with E-state index in [-0.39, 0.29) is 17.2 Å². The van der Waals surface area contributed by atoms with Crippen molar-refractivity contribution in [2.24, 2.45) is 0 Å². The molecule has 0 aliphatic heterocycles. The van der Waals surface area contributed by atoms with Crippen molar-refractivity contribution in [2.45, 2.75) is 0 Å².